The van der Waals surface area contributed by atoms with Crippen molar-refractivity contribution < 1.29 is 14.5 Å². The molecule has 27 heavy (non-hydrogen) atoms. The quantitative estimate of drug-likeness (QED) is 0.510. The van der Waals surface area contributed by atoms with Crippen molar-refractivity contribution in [1.29, 1.82) is 0 Å². The molecule has 1 amide bonds. The Hall–Kier alpha value is -3.41. The van der Waals surface area contributed by atoms with Gasteiger partial charge in [-0.25, -0.2) is 0 Å². The number of hydrogen-bond acceptors (Lipinski definition) is 4. The predicted octanol–water partition coefficient (Wildman–Crippen LogP) is 4.64. The molecule has 1 unspecified atom stereocenters. The Bertz CT molecular complexity index is 995. The molecule has 0 bridgehead atoms. The molecule has 0 radical (unpaired) electrons. The molecule has 3 rings (SSSR count). The molecule has 0 saturated carbocycles. The first-order chi connectivity index (χ1) is 13.0. The summed E-state index contributed by atoms with van der Waals surface area (Å²) in [6.07, 6.45) is 0. The predicted molar refractivity (Wildman–Crippen MR) is 104 cm³/mol. The van der Waals surface area contributed by atoms with Crippen LogP contribution < -0.4 is 10.1 Å². The molecule has 0 fully saturated rings. The molecule has 3 aromatic rings. The first-order valence-electron chi connectivity index (χ1n) is 8.71. The van der Waals surface area contributed by atoms with Crippen molar-refractivity contribution in [3.8, 4) is 5.75 Å². The molecule has 0 aliphatic heterocycles. The standard InChI is InChI=1S/C21H20N2O4/c1-3-27-20-12-11-16(13-19(20)23(25)26)21(24)22-14(2)17-10-6-8-15-7-4-5-9-18(15)17/h4-14H,3H2,1-2H3,(H,22,24). The molecule has 0 heterocycles. The number of amides is 1. The number of carbonyl (C=O) groups excluding carboxylic acids is 1. The lowest BCUT2D eigenvalue weighted by Crippen LogP contribution is -2.26. The Balaban J connectivity index is 1.86. The summed E-state index contributed by atoms with van der Waals surface area (Å²) in [7, 11) is 0. The summed E-state index contributed by atoms with van der Waals surface area (Å²) in [4.78, 5) is 23.3. The van der Waals surface area contributed by atoms with Gasteiger partial charge in [-0.1, -0.05) is 42.5 Å². The normalized spacial score (nSPS) is 11.8. The van der Waals surface area contributed by atoms with E-state index in [1.165, 1.54) is 18.2 Å². The summed E-state index contributed by atoms with van der Waals surface area (Å²) >= 11 is 0. The average molecular weight is 364 g/mol. The fourth-order valence-electron chi connectivity index (χ4n) is 3.06. The third-order valence-electron chi connectivity index (χ3n) is 4.36. The number of fused-ring (bicyclic) bond motifs is 1. The minimum atomic E-state index is -0.546. The van der Waals surface area contributed by atoms with Crippen molar-refractivity contribution in [3.05, 3.63) is 81.9 Å². The Morgan fingerprint density at radius 1 is 1.15 bits per heavy atom. The highest BCUT2D eigenvalue weighted by Gasteiger charge is 2.20. The fourth-order valence-corrected chi connectivity index (χ4v) is 3.06. The zero-order valence-corrected chi connectivity index (χ0v) is 15.1. The summed E-state index contributed by atoms with van der Waals surface area (Å²) in [6, 6.07) is 17.9. The monoisotopic (exact) mass is 364 g/mol. The van der Waals surface area contributed by atoms with E-state index in [0.29, 0.717) is 6.61 Å². The molecule has 6 nitrogen and oxygen atoms in total. The van der Waals surface area contributed by atoms with Crippen LogP contribution in [0.5, 0.6) is 5.75 Å². The molecule has 138 valence electrons. The number of nitro benzene ring substituents is 1. The van der Waals surface area contributed by atoms with Gasteiger partial charge in [-0.05, 0) is 42.3 Å². The zero-order chi connectivity index (χ0) is 19.4. The molecular formula is C21H20N2O4. The maximum atomic E-state index is 12.6. The summed E-state index contributed by atoms with van der Waals surface area (Å²) < 4.78 is 5.26. The van der Waals surface area contributed by atoms with Crippen LogP contribution in [-0.2, 0) is 0 Å². The van der Waals surface area contributed by atoms with Crippen LogP contribution in [0, 0.1) is 10.1 Å². The maximum Gasteiger partial charge on any atom is 0.311 e. The number of nitrogens with zero attached hydrogens (tertiary/aromatic N) is 1. The third-order valence-corrected chi connectivity index (χ3v) is 4.36. The van der Waals surface area contributed by atoms with Gasteiger partial charge in [0.05, 0.1) is 17.6 Å². The maximum absolute atomic E-state index is 12.6. The van der Waals surface area contributed by atoms with Crippen LogP contribution in [0.25, 0.3) is 10.8 Å². The Morgan fingerprint density at radius 3 is 2.63 bits per heavy atom. The third kappa shape index (κ3) is 3.89. The van der Waals surface area contributed by atoms with E-state index < -0.39 is 4.92 Å². The highest BCUT2D eigenvalue weighted by molar-refractivity contribution is 5.96. The van der Waals surface area contributed by atoms with E-state index in [9.17, 15) is 14.9 Å². The Labute approximate surface area is 156 Å². The smallest absolute Gasteiger partial charge is 0.311 e. The lowest BCUT2D eigenvalue weighted by molar-refractivity contribution is -0.385. The van der Waals surface area contributed by atoms with Crippen LogP contribution in [0.3, 0.4) is 0 Å². The van der Waals surface area contributed by atoms with E-state index in [0.717, 1.165) is 16.3 Å². The molecule has 0 saturated heterocycles. The highest BCUT2D eigenvalue weighted by atomic mass is 16.6. The van der Waals surface area contributed by atoms with Crippen LogP contribution in [0.15, 0.2) is 60.7 Å². The van der Waals surface area contributed by atoms with Crippen LogP contribution in [0.4, 0.5) is 5.69 Å². The topological polar surface area (TPSA) is 81.5 Å². The van der Waals surface area contributed by atoms with Crippen molar-refractivity contribution in [2.45, 2.75) is 19.9 Å². The first kappa shape index (κ1) is 18.4. The lowest BCUT2D eigenvalue weighted by Gasteiger charge is -2.17. The summed E-state index contributed by atoms with van der Waals surface area (Å²) in [6.45, 7) is 3.95. The Kier molecular flexibility index (Phi) is 5.35. The molecule has 3 aromatic carbocycles. The van der Waals surface area contributed by atoms with Crippen LogP contribution in [-0.4, -0.2) is 17.4 Å². The second-order valence-electron chi connectivity index (χ2n) is 6.14. The van der Waals surface area contributed by atoms with Gasteiger partial charge in [-0.2, -0.15) is 0 Å². The van der Waals surface area contributed by atoms with Gasteiger partial charge < -0.3 is 10.1 Å². The number of hydrogen-bond donors (Lipinski definition) is 1. The van der Waals surface area contributed by atoms with E-state index in [-0.39, 0.29) is 28.9 Å². The minimum Gasteiger partial charge on any atom is -0.487 e. The molecule has 0 aliphatic carbocycles. The molecule has 1 atom stereocenters. The first-order valence-corrected chi connectivity index (χ1v) is 8.71. The molecule has 0 aromatic heterocycles. The van der Waals surface area contributed by atoms with E-state index in [1.807, 2.05) is 49.4 Å². The van der Waals surface area contributed by atoms with E-state index in [2.05, 4.69) is 5.32 Å². The van der Waals surface area contributed by atoms with Gasteiger partial charge in [0.1, 0.15) is 0 Å². The van der Waals surface area contributed by atoms with Gasteiger partial charge in [-0.3, -0.25) is 14.9 Å². The lowest BCUT2D eigenvalue weighted by atomic mass is 9.99. The second kappa shape index (κ2) is 7.86. The summed E-state index contributed by atoms with van der Waals surface area (Å²) in [5.41, 5.74) is 0.987. The minimum absolute atomic E-state index is 0.154. The summed E-state index contributed by atoms with van der Waals surface area (Å²) in [5, 5.41) is 16.3. The molecule has 1 N–H and O–H groups in total. The van der Waals surface area contributed by atoms with Gasteiger partial charge in [-0.15, -0.1) is 0 Å². The van der Waals surface area contributed by atoms with Crippen molar-refractivity contribution in [2.24, 2.45) is 0 Å². The number of nitro groups is 1. The van der Waals surface area contributed by atoms with E-state index >= 15 is 0 Å². The van der Waals surface area contributed by atoms with Crippen LogP contribution in [0.1, 0.15) is 35.8 Å². The number of carbonyl (C=O) groups is 1. The van der Waals surface area contributed by atoms with Crippen molar-refractivity contribution in [3.63, 3.8) is 0 Å². The Morgan fingerprint density at radius 2 is 1.89 bits per heavy atom. The van der Waals surface area contributed by atoms with Crippen LogP contribution >= 0.6 is 0 Å². The van der Waals surface area contributed by atoms with E-state index in [1.54, 1.807) is 6.92 Å². The van der Waals surface area contributed by atoms with Crippen molar-refractivity contribution in [2.75, 3.05) is 6.61 Å². The molecule has 0 spiro atoms. The second-order valence-corrected chi connectivity index (χ2v) is 6.14. The van der Waals surface area contributed by atoms with Crippen molar-refractivity contribution >= 4 is 22.4 Å². The van der Waals surface area contributed by atoms with Crippen LogP contribution in [0.2, 0.25) is 0 Å². The molecule has 0 aliphatic rings. The van der Waals surface area contributed by atoms with Gasteiger partial charge in [0, 0.05) is 11.6 Å². The van der Waals surface area contributed by atoms with Gasteiger partial charge >= 0.3 is 5.69 Å². The fraction of sp³-hybridized carbons (Fsp3) is 0.190. The van der Waals surface area contributed by atoms with Crippen molar-refractivity contribution in [1.82, 2.24) is 5.32 Å². The highest BCUT2D eigenvalue weighted by Crippen LogP contribution is 2.29. The SMILES string of the molecule is CCOc1ccc(C(=O)NC(C)c2cccc3ccccc23)cc1[N+](=O)[O-]. The summed E-state index contributed by atoms with van der Waals surface area (Å²) in [5.74, 6) is -0.220. The molecular weight excluding hydrogens is 344 g/mol. The number of benzene rings is 3. The van der Waals surface area contributed by atoms with Gasteiger partial charge in [0.2, 0.25) is 0 Å². The van der Waals surface area contributed by atoms with Gasteiger partial charge in [0.15, 0.2) is 5.75 Å². The number of nitrogens with one attached hydrogen (secondary N) is 1. The largest absolute Gasteiger partial charge is 0.487 e. The number of ether oxygens (including phenoxy) is 1. The zero-order valence-electron chi connectivity index (χ0n) is 15.1. The average Bonchev–Trinajstić information content (AvgIpc) is 2.67. The van der Waals surface area contributed by atoms with E-state index in [4.69, 9.17) is 4.74 Å². The molecule has 6 heteroatoms. The van der Waals surface area contributed by atoms with Gasteiger partial charge in [0.25, 0.3) is 5.91 Å². The number of rotatable bonds is 6.